The fourth-order valence-electron chi connectivity index (χ4n) is 3.73. The topological polar surface area (TPSA) is 76.8 Å². The van der Waals surface area contributed by atoms with Crippen molar-refractivity contribution < 1.29 is 14.3 Å². The Morgan fingerprint density at radius 2 is 1.82 bits per heavy atom. The van der Waals surface area contributed by atoms with Gasteiger partial charge in [-0.25, -0.2) is 4.79 Å². The molecule has 0 saturated carbocycles. The van der Waals surface area contributed by atoms with Gasteiger partial charge in [0, 0.05) is 6.04 Å². The Kier molecular flexibility index (Phi) is 6.41. The number of urea groups is 1. The Morgan fingerprint density at radius 3 is 2.54 bits per heavy atom. The number of nitrogens with zero attached hydrogens (tertiary/aromatic N) is 1. The molecule has 2 amide bonds. The molecule has 2 aromatic rings. The highest BCUT2D eigenvalue weighted by molar-refractivity contribution is 5.72. The third kappa shape index (κ3) is 4.57. The van der Waals surface area contributed by atoms with Crippen molar-refractivity contribution in [2.45, 2.75) is 38.3 Å². The molecule has 2 atom stereocenters. The zero-order valence-electron chi connectivity index (χ0n) is 16.8. The van der Waals surface area contributed by atoms with Gasteiger partial charge in [-0.15, -0.1) is 0 Å². The summed E-state index contributed by atoms with van der Waals surface area (Å²) in [4.78, 5) is 13.6. The van der Waals surface area contributed by atoms with E-state index in [1.165, 1.54) is 5.56 Å². The number of carbonyl (C=O) groups is 1. The van der Waals surface area contributed by atoms with Gasteiger partial charge < -0.3 is 25.4 Å². The molecule has 0 aliphatic carbocycles. The molecule has 1 aliphatic heterocycles. The van der Waals surface area contributed by atoms with Crippen molar-refractivity contribution in [2.75, 3.05) is 20.9 Å². The SMILES string of the molecule is CCC(NC(N)=O)c1ccccc1CC(Cc1cccc2c1OCO2)N(C)C. The van der Waals surface area contributed by atoms with Crippen LogP contribution in [-0.2, 0) is 12.8 Å². The van der Waals surface area contributed by atoms with E-state index in [1.807, 2.05) is 31.2 Å². The molecule has 2 unspecified atom stereocenters. The average Bonchev–Trinajstić information content (AvgIpc) is 3.15. The highest BCUT2D eigenvalue weighted by atomic mass is 16.7. The standard InChI is InChI=1S/C22H29N3O3/c1-4-19(24-22(23)26)18-10-6-5-8-15(18)12-17(25(2)3)13-16-9-7-11-20-21(16)28-14-27-20/h5-11,17,19H,4,12-14H2,1-3H3,(H3,23,24,26). The maximum Gasteiger partial charge on any atom is 0.312 e. The monoisotopic (exact) mass is 383 g/mol. The van der Waals surface area contributed by atoms with Gasteiger partial charge in [0.1, 0.15) is 0 Å². The van der Waals surface area contributed by atoms with Crippen LogP contribution in [0.25, 0.3) is 0 Å². The summed E-state index contributed by atoms with van der Waals surface area (Å²) in [5.41, 5.74) is 8.86. The van der Waals surface area contributed by atoms with E-state index < -0.39 is 6.03 Å². The van der Waals surface area contributed by atoms with Gasteiger partial charge in [-0.3, -0.25) is 0 Å². The van der Waals surface area contributed by atoms with Crippen molar-refractivity contribution in [3.05, 3.63) is 59.2 Å². The van der Waals surface area contributed by atoms with E-state index in [2.05, 4.69) is 42.5 Å². The van der Waals surface area contributed by atoms with Crippen molar-refractivity contribution in [3.63, 3.8) is 0 Å². The van der Waals surface area contributed by atoms with Crippen molar-refractivity contribution in [1.82, 2.24) is 10.2 Å². The summed E-state index contributed by atoms with van der Waals surface area (Å²) in [7, 11) is 4.18. The van der Waals surface area contributed by atoms with Crippen molar-refractivity contribution in [1.29, 1.82) is 0 Å². The van der Waals surface area contributed by atoms with Crippen LogP contribution in [-0.4, -0.2) is 37.9 Å². The molecule has 6 heteroatoms. The molecule has 1 heterocycles. The van der Waals surface area contributed by atoms with Crippen LogP contribution in [0, 0.1) is 0 Å². The second-order valence-electron chi connectivity index (χ2n) is 7.34. The lowest BCUT2D eigenvalue weighted by Crippen LogP contribution is -2.35. The number of carbonyl (C=O) groups excluding carboxylic acids is 1. The number of rotatable bonds is 8. The van der Waals surface area contributed by atoms with Gasteiger partial charge in [0.25, 0.3) is 0 Å². The van der Waals surface area contributed by atoms with E-state index in [1.54, 1.807) is 0 Å². The third-order valence-electron chi connectivity index (χ3n) is 5.27. The molecule has 3 N–H and O–H groups in total. The molecule has 0 radical (unpaired) electrons. The lowest BCUT2D eigenvalue weighted by molar-refractivity contribution is 0.172. The quantitative estimate of drug-likeness (QED) is 0.734. The third-order valence-corrected chi connectivity index (χ3v) is 5.27. The van der Waals surface area contributed by atoms with E-state index in [0.29, 0.717) is 0 Å². The number of amides is 2. The molecule has 28 heavy (non-hydrogen) atoms. The van der Waals surface area contributed by atoms with Crippen molar-refractivity contribution in [2.24, 2.45) is 5.73 Å². The van der Waals surface area contributed by atoms with Crippen molar-refractivity contribution in [3.8, 4) is 11.5 Å². The molecule has 0 saturated heterocycles. The van der Waals surface area contributed by atoms with Crippen LogP contribution >= 0.6 is 0 Å². The first-order valence-electron chi connectivity index (χ1n) is 9.67. The van der Waals surface area contributed by atoms with E-state index in [4.69, 9.17) is 15.2 Å². The number of benzene rings is 2. The summed E-state index contributed by atoms with van der Waals surface area (Å²) in [6, 6.07) is 14.0. The van der Waals surface area contributed by atoms with E-state index in [0.717, 1.165) is 41.9 Å². The molecule has 150 valence electrons. The highest BCUT2D eigenvalue weighted by Gasteiger charge is 2.23. The first kappa shape index (κ1) is 20.0. The lowest BCUT2D eigenvalue weighted by atomic mass is 9.91. The smallest absolute Gasteiger partial charge is 0.312 e. The predicted octanol–water partition coefficient (Wildman–Crippen LogP) is 3.25. The number of ether oxygens (including phenoxy) is 2. The Balaban J connectivity index is 1.84. The number of primary amides is 1. The Bertz CT molecular complexity index is 822. The fraction of sp³-hybridized carbons (Fsp3) is 0.409. The molecular weight excluding hydrogens is 354 g/mol. The number of nitrogens with one attached hydrogen (secondary N) is 1. The minimum atomic E-state index is -0.497. The Hall–Kier alpha value is -2.73. The first-order chi connectivity index (χ1) is 13.5. The van der Waals surface area contributed by atoms with Crippen LogP contribution in [0.2, 0.25) is 0 Å². The Morgan fingerprint density at radius 1 is 1.11 bits per heavy atom. The number of fused-ring (bicyclic) bond motifs is 1. The van der Waals surface area contributed by atoms with Gasteiger partial charge in [0.2, 0.25) is 6.79 Å². The molecule has 0 spiro atoms. The number of likely N-dealkylation sites (N-methyl/N-ethyl adjacent to an activating group) is 1. The van der Waals surface area contributed by atoms with Gasteiger partial charge in [-0.05, 0) is 56.1 Å². The molecule has 0 fully saturated rings. The van der Waals surface area contributed by atoms with Gasteiger partial charge in [-0.2, -0.15) is 0 Å². The van der Waals surface area contributed by atoms with Crippen molar-refractivity contribution >= 4 is 6.03 Å². The molecule has 3 rings (SSSR count). The largest absolute Gasteiger partial charge is 0.454 e. The first-order valence-corrected chi connectivity index (χ1v) is 9.67. The molecule has 0 bridgehead atoms. The maximum atomic E-state index is 11.4. The number of para-hydroxylation sites is 1. The number of hydrogen-bond acceptors (Lipinski definition) is 4. The Labute approximate surface area is 166 Å². The minimum Gasteiger partial charge on any atom is -0.454 e. The fourth-order valence-corrected chi connectivity index (χ4v) is 3.73. The van der Waals surface area contributed by atoms with Gasteiger partial charge in [-0.1, -0.05) is 43.3 Å². The van der Waals surface area contributed by atoms with Gasteiger partial charge in [0.15, 0.2) is 11.5 Å². The second-order valence-corrected chi connectivity index (χ2v) is 7.34. The molecular formula is C22H29N3O3. The summed E-state index contributed by atoms with van der Waals surface area (Å²) in [5.74, 6) is 1.66. The van der Waals surface area contributed by atoms with Gasteiger partial charge in [0.05, 0.1) is 6.04 Å². The minimum absolute atomic E-state index is 0.0887. The highest BCUT2D eigenvalue weighted by Crippen LogP contribution is 2.36. The predicted molar refractivity (Wildman–Crippen MR) is 110 cm³/mol. The molecule has 0 aromatic heterocycles. The van der Waals surface area contributed by atoms with E-state index in [-0.39, 0.29) is 18.9 Å². The van der Waals surface area contributed by atoms with E-state index >= 15 is 0 Å². The lowest BCUT2D eigenvalue weighted by Gasteiger charge is -2.27. The summed E-state index contributed by atoms with van der Waals surface area (Å²) in [6.07, 6.45) is 2.47. The summed E-state index contributed by atoms with van der Waals surface area (Å²) < 4.78 is 11.2. The van der Waals surface area contributed by atoms with Crippen LogP contribution in [0.4, 0.5) is 4.79 Å². The molecule has 6 nitrogen and oxygen atoms in total. The van der Waals surface area contributed by atoms with Crippen LogP contribution in [0.15, 0.2) is 42.5 Å². The van der Waals surface area contributed by atoms with Crippen LogP contribution in [0.3, 0.4) is 0 Å². The van der Waals surface area contributed by atoms with Gasteiger partial charge >= 0.3 is 6.03 Å². The molecule has 2 aromatic carbocycles. The number of nitrogens with two attached hydrogens (primary N) is 1. The summed E-state index contributed by atoms with van der Waals surface area (Å²) >= 11 is 0. The summed E-state index contributed by atoms with van der Waals surface area (Å²) in [5, 5.41) is 2.86. The van der Waals surface area contributed by atoms with Crippen LogP contribution < -0.4 is 20.5 Å². The zero-order valence-corrected chi connectivity index (χ0v) is 16.8. The maximum absolute atomic E-state index is 11.4. The average molecular weight is 383 g/mol. The van der Waals surface area contributed by atoms with E-state index in [9.17, 15) is 4.79 Å². The zero-order chi connectivity index (χ0) is 20.1. The second kappa shape index (κ2) is 8.97. The summed E-state index contributed by atoms with van der Waals surface area (Å²) in [6.45, 7) is 2.32. The molecule has 1 aliphatic rings. The normalized spacial score (nSPS) is 14.7. The number of hydrogen-bond donors (Lipinski definition) is 2. The van der Waals surface area contributed by atoms with Crippen LogP contribution in [0.5, 0.6) is 11.5 Å². The van der Waals surface area contributed by atoms with Crippen LogP contribution in [0.1, 0.15) is 36.1 Å².